The molecule has 3 aromatic carbocycles. The quantitative estimate of drug-likeness (QED) is 0.0823. The first-order chi connectivity index (χ1) is 20.8. The number of anilines is 1. The van der Waals surface area contributed by atoms with Crippen molar-refractivity contribution in [2.45, 2.75) is 53.0 Å². The Morgan fingerprint density at radius 3 is 2.44 bits per heavy atom. The largest absolute Gasteiger partial charge is 0.507 e. The number of carbonyl (C=O) groups excluding carboxylic acids is 2. The SMILES string of the molecule is CCCCCOc1ccc(C2/C(=C(\O)c3ccc(OCC)cc3)C(=O)C(=O)N2c2nc3c(C)cc(C)cc3s2)cc1OC. The van der Waals surface area contributed by atoms with Crippen LogP contribution in [0.3, 0.4) is 0 Å². The third-order valence-corrected chi connectivity index (χ3v) is 8.42. The van der Waals surface area contributed by atoms with E-state index in [1.165, 1.54) is 16.2 Å². The molecule has 4 aromatic rings. The number of thiazole rings is 1. The van der Waals surface area contributed by atoms with E-state index in [-0.39, 0.29) is 11.3 Å². The second-order valence-electron chi connectivity index (χ2n) is 10.5. The van der Waals surface area contributed by atoms with Crippen molar-refractivity contribution in [1.29, 1.82) is 0 Å². The molecule has 0 bridgehead atoms. The Kier molecular flexibility index (Phi) is 9.01. The number of aromatic nitrogens is 1. The molecule has 1 fully saturated rings. The molecule has 2 heterocycles. The number of rotatable bonds is 11. The molecule has 1 saturated heterocycles. The molecule has 0 radical (unpaired) electrons. The van der Waals surface area contributed by atoms with Gasteiger partial charge in [0.15, 0.2) is 16.6 Å². The first kappa shape index (κ1) is 30.1. The molecule has 43 heavy (non-hydrogen) atoms. The number of Topliss-reactive ketones (excluding diaryl/α,β-unsaturated/α-hetero) is 1. The fraction of sp³-hybridized carbons (Fsp3) is 0.324. The highest BCUT2D eigenvalue weighted by atomic mass is 32.1. The topological polar surface area (TPSA) is 98.2 Å². The molecular formula is C34H36N2O6S. The lowest BCUT2D eigenvalue weighted by Gasteiger charge is -2.24. The van der Waals surface area contributed by atoms with Crippen molar-refractivity contribution in [2.24, 2.45) is 0 Å². The minimum Gasteiger partial charge on any atom is -0.507 e. The van der Waals surface area contributed by atoms with Crippen LogP contribution in [0, 0.1) is 13.8 Å². The number of hydrogen-bond acceptors (Lipinski definition) is 8. The van der Waals surface area contributed by atoms with Crippen molar-refractivity contribution in [3.63, 3.8) is 0 Å². The molecule has 1 aromatic heterocycles. The third kappa shape index (κ3) is 5.95. The first-order valence-electron chi connectivity index (χ1n) is 14.5. The standard InChI is InChI=1S/C34H36N2O6S/c1-6-8-9-16-42-25-15-12-23(19-26(25)40-5)30-28(31(37)22-10-13-24(14-11-22)41-7-2)32(38)33(39)36(30)34-35-29-21(4)17-20(3)18-27(29)43-34/h10-15,17-19,30,37H,6-9,16H2,1-5H3/b31-28+. The van der Waals surface area contributed by atoms with Gasteiger partial charge in [-0.25, -0.2) is 4.98 Å². The number of carbonyl (C=O) groups is 2. The number of amides is 1. The van der Waals surface area contributed by atoms with Crippen LogP contribution in [0.4, 0.5) is 5.13 Å². The Balaban J connectivity index is 1.65. The molecular weight excluding hydrogens is 564 g/mol. The van der Waals surface area contributed by atoms with Crippen LogP contribution < -0.4 is 19.1 Å². The summed E-state index contributed by atoms with van der Waals surface area (Å²) in [7, 11) is 1.55. The fourth-order valence-electron chi connectivity index (χ4n) is 5.35. The van der Waals surface area contributed by atoms with Crippen molar-refractivity contribution < 1.29 is 28.9 Å². The lowest BCUT2D eigenvalue weighted by atomic mass is 9.95. The number of fused-ring (bicyclic) bond motifs is 1. The predicted molar refractivity (Wildman–Crippen MR) is 170 cm³/mol. The van der Waals surface area contributed by atoms with E-state index < -0.39 is 17.7 Å². The van der Waals surface area contributed by atoms with Gasteiger partial charge >= 0.3 is 5.91 Å². The van der Waals surface area contributed by atoms with Crippen LogP contribution in [0.1, 0.15) is 61.4 Å². The van der Waals surface area contributed by atoms with E-state index in [1.54, 1.807) is 49.6 Å². The average molecular weight is 601 g/mol. The summed E-state index contributed by atoms with van der Waals surface area (Å²) in [5.74, 6) is -0.156. The normalized spacial score (nSPS) is 16.2. The van der Waals surface area contributed by atoms with Gasteiger partial charge in [0.25, 0.3) is 5.78 Å². The van der Waals surface area contributed by atoms with Crippen LogP contribution >= 0.6 is 11.3 Å². The smallest absolute Gasteiger partial charge is 0.301 e. The molecule has 1 amide bonds. The maximum Gasteiger partial charge on any atom is 0.301 e. The number of benzene rings is 3. The summed E-state index contributed by atoms with van der Waals surface area (Å²) in [4.78, 5) is 33.6. The summed E-state index contributed by atoms with van der Waals surface area (Å²) in [5.41, 5.74) is 3.77. The molecule has 0 spiro atoms. The van der Waals surface area contributed by atoms with Gasteiger partial charge in [-0.2, -0.15) is 0 Å². The summed E-state index contributed by atoms with van der Waals surface area (Å²) in [5, 5.41) is 11.9. The number of ether oxygens (including phenoxy) is 3. The van der Waals surface area contributed by atoms with Crippen LogP contribution in [0.2, 0.25) is 0 Å². The zero-order valence-electron chi connectivity index (χ0n) is 25.1. The van der Waals surface area contributed by atoms with E-state index in [0.717, 1.165) is 40.6 Å². The summed E-state index contributed by atoms with van der Waals surface area (Å²) in [6, 6.07) is 15.2. The number of hydrogen-bond donors (Lipinski definition) is 1. The second kappa shape index (κ2) is 12.9. The number of aliphatic hydroxyl groups excluding tert-OH is 1. The van der Waals surface area contributed by atoms with E-state index in [2.05, 4.69) is 6.92 Å². The van der Waals surface area contributed by atoms with E-state index in [4.69, 9.17) is 19.2 Å². The minimum absolute atomic E-state index is 0.0278. The average Bonchev–Trinajstić information content (AvgIpc) is 3.53. The van der Waals surface area contributed by atoms with Crippen molar-refractivity contribution in [3.8, 4) is 17.2 Å². The molecule has 0 saturated carbocycles. The number of unbranched alkanes of at least 4 members (excludes halogenated alkanes) is 2. The van der Waals surface area contributed by atoms with Gasteiger partial charge in [0.2, 0.25) is 0 Å². The molecule has 1 N–H and O–H groups in total. The number of nitrogens with zero attached hydrogens (tertiary/aromatic N) is 2. The molecule has 8 nitrogen and oxygen atoms in total. The lowest BCUT2D eigenvalue weighted by Crippen LogP contribution is -2.29. The Bertz CT molecular complexity index is 1690. The predicted octanol–water partition coefficient (Wildman–Crippen LogP) is 7.52. The fourth-order valence-corrected chi connectivity index (χ4v) is 6.51. The van der Waals surface area contributed by atoms with Gasteiger partial charge in [0, 0.05) is 5.56 Å². The Morgan fingerprint density at radius 2 is 1.74 bits per heavy atom. The van der Waals surface area contributed by atoms with E-state index in [9.17, 15) is 14.7 Å². The molecule has 1 unspecified atom stereocenters. The van der Waals surface area contributed by atoms with E-state index in [0.29, 0.717) is 46.7 Å². The van der Waals surface area contributed by atoms with Gasteiger partial charge in [-0.15, -0.1) is 0 Å². The van der Waals surface area contributed by atoms with Crippen LogP contribution in [0.15, 0.2) is 60.2 Å². The van der Waals surface area contributed by atoms with Gasteiger partial charge in [0.1, 0.15) is 11.5 Å². The molecule has 9 heteroatoms. The summed E-state index contributed by atoms with van der Waals surface area (Å²) < 4.78 is 18.1. The zero-order chi connectivity index (χ0) is 30.7. The van der Waals surface area contributed by atoms with Gasteiger partial charge in [-0.1, -0.05) is 43.2 Å². The van der Waals surface area contributed by atoms with Crippen molar-refractivity contribution in [3.05, 3.63) is 82.4 Å². The molecule has 224 valence electrons. The Morgan fingerprint density at radius 1 is 0.977 bits per heavy atom. The van der Waals surface area contributed by atoms with E-state index >= 15 is 0 Å². The number of aliphatic hydroxyl groups is 1. The summed E-state index contributed by atoms with van der Waals surface area (Å²) in [6.45, 7) is 9.04. The van der Waals surface area contributed by atoms with Crippen molar-refractivity contribution in [1.82, 2.24) is 4.98 Å². The second-order valence-corrected chi connectivity index (χ2v) is 11.5. The maximum absolute atomic E-state index is 13.7. The van der Waals surface area contributed by atoms with Crippen LogP contribution in [-0.2, 0) is 9.59 Å². The first-order valence-corrected chi connectivity index (χ1v) is 15.3. The van der Waals surface area contributed by atoms with Gasteiger partial charge in [0.05, 0.1) is 42.2 Å². The van der Waals surface area contributed by atoms with Crippen LogP contribution in [-0.4, -0.2) is 42.1 Å². The Hall–Kier alpha value is -4.37. The third-order valence-electron chi connectivity index (χ3n) is 7.42. The molecule has 0 aliphatic carbocycles. The molecule has 1 atom stereocenters. The highest BCUT2D eigenvalue weighted by molar-refractivity contribution is 7.22. The number of ketones is 1. The minimum atomic E-state index is -0.948. The van der Waals surface area contributed by atoms with Gasteiger partial charge in [-0.05, 0) is 86.3 Å². The van der Waals surface area contributed by atoms with Gasteiger partial charge < -0.3 is 19.3 Å². The lowest BCUT2D eigenvalue weighted by molar-refractivity contribution is -0.132. The summed E-state index contributed by atoms with van der Waals surface area (Å²) in [6.07, 6.45) is 3.05. The molecule has 1 aliphatic heterocycles. The van der Waals surface area contributed by atoms with Crippen LogP contribution in [0.25, 0.3) is 16.0 Å². The number of methoxy groups -OCH3 is 1. The van der Waals surface area contributed by atoms with Crippen molar-refractivity contribution in [2.75, 3.05) is 25.2 Å². The zero-order valence-corrected chi connectivity index (χ0v) is 25.9. The molecule has 5 rings (SSSR count). The number of aryl methyl sites for hydroxylation is 2. The molecule has 1 aliphatic rings. The Labute approximate surface area is 255 Å². The van der Waals surface area contributed by atoms with Gasteiger partial charge in [-0.3, -0.25) is 14.5 Å². The monoisotopic (exact) mass is 600 g/mol. The maximum atomic E-state index is 13.7. The van der Waals surface area contributed by atoms with Crippen molar-refractivity contribution >= 4 is 44.1 Å². The van der Waals surface area contributed by atoms with E-state index in [1.807, 2.05) is 32.9 Å². The highest BCUT2D eigenvalue weighted by Crippen LogP contribution is 2.46. The van der Waals surface area contributed by atoms with Crippen LogP contribution in [0.5, 0.6) is 17.2 Å². The summed E-state index contributed by atoms with van der Waals surface area (Å²) >= 11 is 1.34. The highest BCUT2D eigenvalue weighted by Gasteiger charge is 2.48.